The van der Waals surface area contributed by atoms with Crippen molar-refractivity contribution in [1.82, 2.24) is 4.98 Å². The number of hydrogen-bond acceptors (Lipinski definition) is 3. The van der Waals surface area contributed by atoms with Crippen molar-refractivity contribution in [1.29, 1.82) is 0 Å². The smallest absolute Gasteiger partial charge is 0.337 e. The van der Waals surface area contributed by atoms with E-state index >= 15 is 0 Å². The summed E-state index contributed by atoms with van der Waals surface area (Å²) in [5.74, 6) is -0.287. The predicted octanol–water partition coefficient (Wildman–Crippen LogP) is 4.38. The van der Waals surface area contributed by atoms with Gasteiger partial charge in [-0.3, -0.25) is 0 Å². The average Bonchev–Trinajstić information content (AvgIpc) is 2.49. The highest BCUT2D eigenvalue weighted by molar-refractivity contribution is 6.32. The summed E-state index contributed by atoms with van der Waals surface area (Å²) in [7, 11) is 0. The van der Waals surface area contributed by atoms with Gasteiger partial charge in [0.2, 0.25) is 5.88 Å². The number of fused-ring (bicyclic) bond motifs is 1. The molecule has 0 saturated carbocycles. The molecule has 21 heavy (non-hydrogen) atoms. The topological polar surface area (TPSA) is 59.4 Å². The maximum atomic E-state index is 10.9. The summed E-state index contributed by atoms with van der Waals surface area (Å²) in [5, 5.41) is 11.0. The van der Waals surface area contributed by atoms with Crippen LogP contribution in [0.4, 0.5) is 0 Å². The van der Waals surface area contributed by atoms with Crippen LogP contribution < -0.4 is 4.74 Å². The Morgan fingerprint density at radius 1 is 1.14 bits per heavy atom. The number of carbonyl (C=O) groups is 1. The minimum atomic E-state index is -1.08. The van der Waals surface area contributed by atoms with Gasteiger partial charge in [-0.15, -0.1) is 0 Å². The fourth-order valence-corrected chi connectivity index (χ4v) is 2.21. The van der Waals surface area contributed by atoms with Crippen molar-refractivity contribution in [3.63, 3.8) is 0 Å². The highest BCUT2D eigenvalue weighted by Gasteiger charge is 2.11. The number of carboxylic acid groups (broad SMARTS) is 1. The first-order valence-corrected chi connectivity index (χ1v) is 6.57. The Morgan fingerprint density at radius 2 is 1.90 bits per heavy atom. The first-order chi connectivity index (χ1) is 10.1. The lowest BCUT2D eigenvalue weighted by atomic mass is 10.1. The fourth-order valence-electron chi connectivity index (χ4n) is 2.01. The highest BCUT2D eigenvalue weighted by Crippen LogP contribution is 2.32. The van der Waals surface area contributed by atoms with E-state index in [0.717, 1.165) is 10.8 Å². The van der Waals surface area contributed by atoms with Crippen LogP contribution in [-0.2, 0) is 0 Å². The Hall–Kier alpha value is -2.59. The summed E-state index contributed by atoms with van der Waals surface area (Å²) in [5.41, 5.74) is 0.0188. The molecule has 2 aromatic carbocycles. The van der Waals surface area contributed by atoms with Crippen molar-refractivity contribution in [2.24, 2.45) is 0 Å². The Balaban J connectivity index is 2.01. The molecule has 0 atom stereocenters. The largest absolute Gasteiger partial charge is 0.478 e. The molecule has 1 aromatic heterocycles. The number of carboxylic acids is 1. The Bertz CT molecular complexity index is 827. The number of aromatic nitrogens is 1. The molecule has 3 rings (SSSR count). The van der Waals surface area contributed by atoms with Gasteiger partial charge < -0.3 is 9.84 Å². The standard InChI is InChI=1S/C16H10ClNO3/c17-13-8-11(16(19)20)9-18-15(13)21-14-7-3-5-10-4-1-2-6-12(10)14/h1-9H,(H,19,20). The second-order valence-electron chi connectivity index (χ2n) is 4.40. The van der Waals surface area contributed by atoms with Gasteiger partial charge in [0.05, 0.1) is 5.56 Å². The zero-order chi connectivity index (χ0) is 14.8. The summed E-state index contributed by atoms with van der Waals surface area (Å²) in [6, 6.07) is 14.7. The zero-order valence-corrected chi connectivity index (χ0v) is 11.5. The van der Waals surface area contributed by atoms with Crippen molar-refractivity contribution < 1.29 is 14.6 Å². The van der Waals surface area contributed by atoms with Crippen LogP contribution in [-0.4, -0.2) is 16.1 Å². The van der Waals surface area contributed by atoms with Crippen molar-refractivity contribution in [3.05, 3.63) is 65.3 Å². The van der Waals surface area contributed by atoms with Crippen LogP contribution in [0.25, 0.3) is 10.8 Å². The molecule has 0 amide bonds. The minimum Gasteiger partial charge on any atom is -0.478 e. The molecule has 3 aromatic rings. The van der Waals surface area contributed by atoms with E-state index in [9.17, 15) is 4.79 Å². The lowest BCUT2D eigenvalue weighted by Crippen LogP contribution is -1.98. The Labute approximate surface area is 125 Å². The first kappa shape index (κ1) is 13.4. The molecule has 1 N–H and O–H groups in total. The first-order valence-electron chi connectivity index (χ1n) is 6.19. The summed E-state index contributed by atoms with van der Waals surface area (Å²) < 4.78 is 5.72. The van der Waals surface area contributed by atoms with Gasteiger partial charge in [-0.1, -0.05) is 48.0 Å². The summed E-state index contributed by atoms with van der Waals surface area (Å²) in [4.78, 5) is 14.8. The van der Waals surface area contributed by atoms with E-state index in [1.54, 1.807) is 0 Å². The van der Waals surface area contributed by atoms with Crippen LogP contribution in [0, 0.1) is 0 Å². The maximum Gasteiger partial charge on any atom is 0.337 e. The summed E-state index contributed by atoms with van der Waals surface area (Å²) in [6.07, 6.45) is 1.22. The van der Waals surface area contributed by atoms with E-state index in [0.29, 0.717) is 5.75 Å². The molecular formula is C16H10ClNO3. The van der Waals surface area contributed by atoms with Crippen LogP contribution in [0.2, 0.25) is 5.02 Å². The van der Waals surface area contributed by atoms with Crippen LogP contribution in [0.3, 0.4) is 0 Å². The monoisotopic (exact) mass is 299 g/mol. The number of nitrogens with zero attached hydrogens (tertiary/aromatic N) is 1. The highest BCUT2D eigenvalue weighted by atomic mass is 35.5. The molecule has 1 heterocycles. The molecule has 0 bridgehead atoms. The normalized spacial score (nSPS) is 10.5. The van der Waals surface area contributed by atoms with E-state index in [-0.39, 0.29) is 16.5 Å². The number of ether oxygens (including phenoxy) is 1. The third-order valence-electron chi connectivity index (χ3n) is 3.01. The molecular weight excluding hydrogens is 290 g/mol. The number of aromatic carboxylic acids is 1. The second kappa shape index (κ2) is 5.42. The number of pyridine rings is 1. The van der Waals surface area contributed by atoms with E-state index in [1.165, 1.54) is 12.3 Å². The molecule has 104 valence electrons. The minimum absolute atomic E-state index is 0.0188. The molecule has 0 fully saturated rings. The van der Waals surface area contributed by atoms with Crippen LogP contribution in [0.5, 0.6) is 11.6 Å². The lowest BCUT2D eigenvalue weighted by Gasteiger charge is -2.09. The number of rotatable bonds is 3. The summed E-state index contributed by atoms with van der Waals surface area (Å²) in [6.45, 7) is 0. The van der Waals surface area contributed by atoms with Gasteiger partial charge in [0.15, 0.2) is 0 Å². The maximum absolute atomic E-state index is 10.9. The third kappa shape index (κ3) is 2.66. The molecule has 0 aliphatic rings. The van der Waals surface area contributed by atoms with Crippen molar-refractivity contribution in [2.45, 2.75) is 0 Å². The zero-order valence-electron chi connectivity index (χ0n) is 10.8. The van der Waals surface area contributed by atoms with Crippen molar-refractivity contribution >= 4 is 28.3 Å². The lowest BCUT2D eigenvalue weighted by molar-refractivity contribution is 0.0696. The molecule has 0 aliphatic heterocycles. The van der Waals surface area contributed by atoms with E-state index in [1.807, 2.05) is 42.5 Å². The van der Waals surface area contributed by atoms with Gasteiger partial charge in [0, 0.05) is 11.6 Å². The fraction of sp³-hybridized carbons (Fsp3) is 0. The molecule has 0 radical (unpaired) electrons. The van der Waals surface area contributed by atoms with Crippen molar-refractivity contribution in [2.75, 3.05) is 0 Å². The van der Waals surface area contributed by atoms with Crippen LogP contribution >= 0.6 is 11.6 Å². The number of benzene rings is 2. The Morgan fingerprint density at radius 3 is 2.67 bits per heavy atom. The molecule has 0 aliphatic carbocycles. The SMILES string of the molecule is O=C(O)c1cnc(Oc2cccc3ccccc23)c(Cl)c1. The van der Waals surface area contributed by atoms with Crippen molar-refractivity contribution in [3.8, 4) is 11.6 Å². The van der Waals surface area contributed by atoms with Gasteiger partial charge in [-0.2, -0.15) is 0 Å². The molecule has 5 heteroatoms. The second-order valence-corrected chi connectivity index (χ2v) is 4.80. The molecule has 0 spiro atoms. The van der Waals surface area contributed by atoms with Crippen LogP contribution in [0.15, 0.2) is 54.7 Å². The quantitative estimate of drug-likeness (QED) is 0.779. The molecule has 4 nitrogen and oxygen atoms in total. The Kier molecular flexibility index (Phi) is 3.46. The van der Waals surface area contributed by atoms with Gasteiger partial charge in [-0.05, 0) is 17.5 Å². The third-order valence-corrected chi connectivity index (χ3v) is 3.28. The van der Waals surface area contributed by atoms with E-state index in [4.69, 9.17) is 21.4 Å². The molecule has 0 unspecified atom stereocenters. The number of halogens is 1. The van der Waals surface area contributed by atoms with Gasteiger partial charge in [0.1, 0.15) is 10.8 Å². The predicted molar refractivity (Wildman–Crippen MR) is 80.2 cm³/mol. The van der Waals surface area contributed by atoms with E-state index < -0.39 is 5.97 Å². The van der Waals surface area contributed by atoms with Gasteiger partial charge >= 0.3 is 5.97 Å². The van der Waals surface area contributed by atoms with Crippen LogP contribution in [0.1, 0.15) is 10.4 Å². The molecule has 0 saturated heterocycles. The summed E-state index contributed by atoms with van der Waals surface area (Å²) >= 11 is 6.02. The van der Waals surface area contributed by atoms with Gasteiger partial charge in [0.25, 0.3) is 0 Å². The van der Waals surface area contributed by atoms with E-state index in [2.05, 4.69) is 4.98 Å². The average molecular weight is 300 g/mol. The number of hydrogen-bond donors (Lipinski definition) is 1. The van der Waals surface area contributed by atoms with Gasteiger partial charge in [-0.25, -0.2) is 9.78 Å².